The number of aromatic nitrogens is 1. The van der Waals surface area contributed by atoms with Gasteiger partial charge in [0.1, 0.15) is 5.75 Å². The molecule has 1 fully saturated rings. The summed E-state index contributed by atoms with van der Waals surface area (Å²) in [6.07, 6.45) is 0. The number of carbonyl (C=O) groups is 1. The number of carbonyl (C=O) groups excluding carboxylic acids is 1. The molecule has 1 amide bonds. The van der Waals surface area contributed by atoms with Crippen LogP contribution in [-0.2, 0) is 0 Å². The first-order valence-corrected chi connectivity index (χ1v) is 10.5. The van der Waals surface area contributed by atoms with Crippen molar-refractivity contribution in [3.05, 3.63) is 65.9 Å². The quantitative estimate of drug-likeness (QED) is 0.488. The number of amides is 1. The van der Waals surface area contributed by atoms with Crippen LogP contribution >= 0.6 is 0 Å². The van der Waals surface area contributed by atoms with Crippen LogP contribution in [0.2, 0.25) is 0 Å². The predicted octanol–water partition coefficient (Wildman–Crippen LogP) is 4.65. The van der Waals surface area contributed by atoms with E-state index in [4.69, 9.17) is 9.15 Å². The maximum absolute atomic E-state index is 13.2. The third kappa shape index (κ3) is 3.58. The summed E-state index contributed by atoms with van der Waals surface area (Å²) in [5, 5.41) is 1.77. The number of hydrogen-bond acceptors (Lipinski definition) is 5. The number of methoxy groups -OCH3 is 1. The molecule has 0 bridgehead atoms. The summed E-state index contributed by atoms with van der Waals surface area (Å²) in [4.78, 5) is 22.0. The maximum Gasteiger partial charge on any atom is 0.289 e. The molecule has 0 N–H and O–H groups in total. The van der Waals surface area contributed by atoms with Crippen LogP contribution < -0.4 is 9.64 Å². The predicted molar refractivity (Wildman–Crippen MR) is 122 cm³/mol. The molecule has 31 heavy (non-hydrogen) atoms. The molecule has 6 heteroatoms. The van der Waals surface area contributed by atoms with Gasteiger partial charge >= 0.3 is 0 Å². The number of pyridine rings is 1. The van der Waals surface area contributed by atoms with Crippen LogP contribution in [0.1, 0.15) is 23.0 Å². The molecule has 2 aromatic heterocycles. The minimum Gasteiger partial charge on any atom is -0.497 e. The number of benzene rings is 2. The SMILES string of the molecule is COc1ccc2nc3oc(C(=O)N4CCN(c5cccc(C)c5)[C@@H](C)C4)cc3cc2c1. The van der Waals surface area contributed by atoms with Crippen molar-refractivity contribution in [2.24, 2.45) is 0 Å². The molecule has 1 aliphatic heterocycles. The summed E-state index contributed by atoms with van der Waals surface area (Å²) in [6, 6.07) is 18.2. The van der Waals surface area contributed by atoms with E-state index in [2.05, 4.69) is 48.0 Å². The Kier molecular flexibility index (Phi) is 4.77. The number of ether oxygens (including phenoxy) is 1. The van der Waals surface area contributed by atoms with E-state index in [0.717, 1.165) is 28.6 Å². The Morgan fingerprint density at radius 2 is 1.97 bits per heavy atom. The molecular formula is C25H25N3O3. The largest absolute Gasteiger partial charge is 0.497 e. The summed E-state index contributed by atoms with van der Waals surface area (Å²) in [6.45, 7) is 6.35. The molecule has 2 aromatic carbocycles. The molecule has 0 saturated carbocycles. The molecule has 5 rings (SSSR count). The lowest BCUT2D eigenvalue weighted by Crippen LogP contribution is -2.53. The van der Waals surface area contributed by atoms with Gasteiger partial charge in [-0.15, -0.1) is 0 Å². The summed E-state index contributed by atoms with van der Waals surface area (Å²) >= 11 is 0. The summed E-state index contributed by atoms with van der Waals surface area (Å²) in [7, 11) is 1.64. The van der Waals surface area contributed by atoms with Gasteiger partial charge in [0.2, 0.25) is 5.71 Å². The van der Waals surface area contributed by atoms with Gasteiger partial charge in [-0.2, -0.15) is 0 Å². The highest BCUT2D eigenvalue weighted by molar-refractivity contribution is 5.98. The number of anilines is 1. The lowest BCUT2D eigenvalue weighted by Gasteiger charge is -2.41. The maximum atomic E-state index is 13.2. The van der Waals surface area contributed by atoms with E-state index in [1.54, 1.807) is 13.2 Å². The summed E-state index contributed by atoms with van der Waals surface area (Å²) in [5.41, 5.74) is 3.73. The van der Waals surface area contributed by atoms with E-state index >= 15 is 0 Å². The molecule has 0 radical (unpaired) electrons. The Hall–Kier alpha value is -3.54. The topological polar surface area (TPSA) is 58.8 Å². The van der Waals surface area contributed by atoms with Crippen LogP contribution in [0, 0.1) is 6.92 Å². The van der Waals surface area contributed by atoms with E-state index in [-0.39, 0.29) is 11.9 Å². The van der Waals surface area contributed by atoms with E-state index in [1.165, 1.54) is 11.3 Å². The Labute approximate surface area is 181 Å². The first-order chi connectivity index (χ1) is 15.0. The fraction of sp³-hybridized carbons (Fsp3) is 0.280. The number of nitrogens with zero attached hydrogens (tertiary/aromatic N) is 3. The van der Waals surface area contributed by atoms with E-state index < -0.39 is 0 Å². The van der Waals surface area contributed by atoms with Gasteiger partial charge in [-0.3, -0.25) is 4.79 Å². The van der Waals surface area contributed by atoms with Crippen LogP contribution in [0.15, 0.2) is 59.0 Å². The Morgan fingerprint density at radius 1 is 1.10 bits per heavy atom. The van der Waals surface area contributed by atoms with Crippen LogP contribution in [0.3, 0.4) is 0 Å². The highest BCUT2D eigenvalue weighted by Gasteiger charge is 2.29. The Morgan fingerprint density at radius 3 is 2.74 bits per heavy atom. The minimum atomic E-state index is -0.0876. The zero-order valence-electron chi connectivity index (χ0n) is 18.0. The number of hydrogen-bond donors (Lipinski definition) is 0. The molecule has 0 spiro atoms. The van der Waals surface area contributed by atoms with Crippen LogP contribution in [0.5, 0.6) is 5.75 Å². The molecule has 3 heterocycles. The number of fused-ring (bicyclic) bond motifs is 2. The van der Waals surface area contributed by atoms with Crippen molar-refractivity contribution >= 4 is 33.6 Å². The molecule has 1 atom stereocenters. The molecule has 0 unspecified atom stereocenters. The van der Waals surface area contributed by atoms with Crippen LogP contribution in [-0.4, -0.2) is 48.6 Å². The lowest BCUT2D eigenvalue weighted by atomic mass is 10.1. The molecule has 4 aromatic rings. The number of furan rings is 1. The van der Waals surface area contributed by atoms with E-state index in [9.17, 15) is 4.79 Å². The Bertz CT molecular complexity index is 1280. The molecule has 0 aliphatic carbocycles. The van der Waals surface area contributed by atoms with Gasteiger partial charge in [0.15, 0.2) is 5.76 Å². The van der Waals surface area contributed by atoms with Crippen molar-refractivity contribution < 1.29 is 13.9 Å². The second-order valence-corrected chi connectivity index (χ2v) is 8.18. The van der Waals surface area contributed by atoms with Gasteiger partial charge in [0.05, 0.1) is 12.6 Å². The van der Waals surface area contributed by atoms with E-state index in [0.29, 0.717) is 24.6 Å². The first-order valence-electron chi connectivity index (χ1n) is 10.5. The number of aryl methyl sites for hydroxylation is 1. The minimum absolute atomic E-state index is 0.0876. The third-order valence-corrected chi connectivity index (χ3v) is 5.97. The van der Waals surface area contributed by atoms with Gasteiger partial charge in [-0.1, -0.05) is 12.1 Å². The highest BCUT2D eigenvalue weighted by Crippen LogP contribution is 2.27. The first kappa shape index (κ1) is 19.4. The van der Waals surface area contributed by atoms with Crippen LogP contribution in [0.25, 0.3) is 22.0 Å². The highest BCUT2D eigenvalue weighted by atomic mass is 16.5. The van der Waals surface area contributed by atoms with Crippen molar-refractivity contribution in [1.82, 2.24) is 9.88 Å². The average molecular weight is 415 g/mol. The van der Waals surface area contributed by atoms with Gasteiger partial charge in [-0.05, 0) is 61.9 Å². The lowest BCUT2D eigenvalue weighted by molar-refractivity contribution is 0.0696. The average Bonchev–Trinajstić information content (AvgIpc) is 3.19. The van der Waals surface area contributed by atoms with E-state index in [1.807, 2.05) is 29.2 Å². The summed E-state index contributed by atoms with van der Waals surface area (Å²) in [5.74, 6) is 1.02. The molecular weight excluding hydrogens is 390 g/mol. The zero-order valence-corrected chi connectivity index (χ0v) is 18.0. The second-order valence-electron chi connectivity index (χ2n) is 8.18. The fourth-order valence-electron chi connectivity index (χ4n) is 4.33. The standard InChI is InChI=1S/C25H25N3O3/c1-16-5-4-6-20(11-16)28-10-9-27(15-17(28)2)25(29)23-14-19-12-18-13-21(30-3)7-8-22(18)26-24(19)31-23/h4-8,11-14,17H,9-10,15H2,1-3H3/t17-/m0/s1. The molecule has 1 aliphatic rings. The van der Waals surface area contributed by atoms with Crippen molar-refractivity contribution in [3.8, 4) is 5.75 Å². The van der Waals surface area contributed by atoms with Gasteiger partial charge < -0.3 is 19.0 Å². The number of piperazine rings is 1. The zero-order chi connectivity index (χ0) is 21.5. The summed E-state index contributed by atoms with van der Waals surface area (Å²) < 4.78 is 11.2. The van der Waals surface area contributed by atoms with Crippen molar-refractivity contribution in [2.45, 2.75) is 19.9 Å². The second kappa shape index (κ2) is 7.61. The normalized spacial score (nSPS) is 16.8. The smallest absolute Gasteiger partial charge is 0.289 e. The third-order valence-electron chi connectivity index (χ3n) is 5.97. The van der Waals surface area contributed by atoms with Gasteiger partial charge in [0, 0.05) is 42.1 Å². The fourth-order valence-corrected chi connectivity index (χ4v) is 4.33. The van der Waals surface area contributed by atoms with Crippen molar-refractivity contribution in [2.75, 3.05) is 31.6 Å². The number of rotatable bonds is 3. The molecule has 6 nitrogen and oxygen atoms in total. The molecule has 1 saturated heterocycles. The Balaban J connectivity index is 1.38. The van der Waals surface area contributed by atoms with Crippen molar-refractivity contribution in [3.63, 3.8) is 0 Å². The van der Waals surface area contributed by atoms with Gasteiger partial charge in [0.25, 0.3) is 5.91 Å². The van der Waals surface area contributed by atoms with Crippen LogP contribution in [0.4, 0.5) is 5.69 Å². The van der Waals surface area contributed by atoms with Gasteiger partial charge in [-0.25, -0.2) is 4.98 Å². The molecule has 158 valence electrons. The monoisotopic (exact) mass is 415 g/mol. The van der Waals surface area contributed by atoms with Crippen molar-refractivity contribution in [1.29, 1.82) is 0 Å².